The van der Waals surface area contributed by atoms with E-state index in [9.17, 15) is 0 Å². The molecule has 2 heteroatoms. The van der Waals surface area contributed by atoms with Crippen molar-refractivity contribution in [3.8, 4) is 101 Å². The lowest BCUT2D eigenvalue weighted by Crippen LogP contribution is -2.07. The van der Waals surface area contributed by atoms with Gasteiger partial charge in [0.05, 0.1) is 0 Å². The van der Waals surface area contributed by atoms with Crippen molar-refractivity contribution in [1.29, 1.82) is 0 Å². The van der Waals surface area contributed by atoms with Crippen LogP contribution in [-0.4, -0.2) is 0 Å². The van der Waals surface area contributed by atoms with Gasteiger partial charge in [-0.15, -0.1) is 0 Å². The van der Waals surface area contributed by atoms with Crippen molar-refractivity contribution in [2.75, 3.05) is 0 Å². The average Bonchev–Trinajstić information content (AvgIpc) is 1.44. The molecule has 0 aromatic heterocycles. The van der Waals surface area contributed by atoms with Gasteiger partial charge in [0.25, 0.3) is 0 Å². The van der Waals surface area contributed by atoms with Crippen LogP contribution in [0.15, 0.2) is 231 Å². The number of hydrogen-bond acceptors (Lipinski definition) is 1. The summed E-state index contributed by atoms with van der Waals surface area (Å²) >= 11 is 0. The number of aryl methyl sites for hydroxylation is 12. The molecule has 0 saturated heterocycles. The maximum Gasteiger partial charge on any atom is 0.135 e. The predicted molar refractivity (Wildman–Crippen MR) is 453 cm³/mol. The third-order valence-corrected chi connectivity index (χ3v) is 24.4. The number of hydrogen-bond donors (Lipinski definition) is 0. The molecule has 520 valence electrons. The first kappa shape index (κ1) is 68.4. The lowest BCUT2D eigenvalue weighted by molar-refractivity contribution is 0.486. The van der Waals surface area contributed by atoms with Gasteiger partial charge >= 0.3 is 0 Å². The number of ether oxygens (including phenoxy) is 1. The molecule has 0 spiro atoms. The van der Waals surface area contributed by atoms with E-state index in [2.05, 4.69) is 314 Å². The maximum absolute atomic E-state index is 8.67. The molecule has 0 heterocycles. The van der Waals surface area contributed by atoms with E-state index in [1.54, 1.807) is 0 Å². The van der Waals surface area contributed by atoms with E-state index < -0.39 is 0 Å². The number of benzene rings is 14. The second-order valence-corrected chi connectivity index (χ2v) is 31.5. The van der Waals surface area contributed by atoms with Gasteiger partial charge in [0, 0.05) is 11.1 Å². The van der Waals surface area contributed by atoms with Crippen LogP contribution in [0, 0.1) is 83.1 Å². The fourth-order valence-corrected chi connectivity index (χ4v) is 19.9. The smallest absolute Gasteiger partial charge is 0.135 e. The minimum atomic E-state index is 0. The van der Waals surface area contributed by atoms with Gasteiger partial charge in [-0.1, -0.05) is 241 Å². The molecule has 4 aliphatic rings. The van der Waals surface area contributed by atoms with Crippen LogP contribution in [0.3, 0.4) is 0 Å². The molecule has 0 radical (unpaired) electrons. The Bertz CT molecular complexity index is 5560. The Labute approximate surface area is 631 Å². The molecule has 0 saturated carbocycles. The first-order valence-corrected chi connectivity index (χ1v) is 38.1. The van der Waals surface area contributed by atoms with Crippen molar-refractivity contribution >= 4 is 9.90 Å². The first-order chi connectivity index (χ1) is 51.0. The molecule has 1 unspecified atom stereocenters. The first-order valence-electron chi connectivity index (χ1n) is 38.1. The average molecular weight is 1390 g/mol. The lowest BCUT2D eigenvalue weighted by atomic mass is 9.79. The Kier molecular flexibility index (Phi) is 17.4. The Morgan fingerprint density at radius 1 is 0.217 bits per heavy atom. The fourth-order valence-electron chi connectivity index (χ4n) is 19.9. The molecule has 0 aliphatic heterocycles. The molecule has 0 bridgehead atoms. The monoisotopic (exact) mass is 1390 g/mol. The standard InChI is InChI=1S/C104H90O.H3P/c1-59-43-63(5)89(64(6)44-59)55-75-35-39-83-79-27-17-13-23-71(79)51-93(83)99(75)87-31-21-33-97(103(87)101-77(57-91-67(9)47-61(3)48-68(91)10)37-41-85-81-29-19-15-25-73(81)53-95(85)101)105-98-34-22-32-88(100-76(56-90-65(7)45-60(2)46-66(90)8)36-40-84-80-28-18-14-24-72(80)52-94(84)100)104(98)102-78(58-92-69(11)49-62(4)50-70(92)12)38-42-86-82-30-20-16-26-74(82)54-96(86)102;/h13-50H,51-58H2,1-12H3;1H3. The number of fused-ring (bicyclic) bond motifs is 12. The van der Waals surface area contributed by atoms with Crippen LogP contribution in [0.5, 0.6) is 11.5 Å². The minimum Gasteiger partial charge on any atom is -0.456 e. The van der Waals surface area contributed by atoms with Gasteiger partial charge in [0.15, 0.2) is 0 Å². The van der Waals surface area contributed by atoms with Crippen LogP contribution < -0.4 is 4.74 Å². The zero-order valence-corrected chi connectivity index (χ0v) is 65.1. The van der Waals surface area contributed by atoms with Crippen molar-refractivity contribution in [1.82, 2.24) is 0 Å². The molecular weight excluding hydrogens is 1300 g/mol. The zero-order valence-electron chi connectivity index (χ0n) is 63.7. The third-order valence-electron chi connectivity index (χ3n) is 24.4. The van der Waals surface area contributed by atoms with Gasteiger partial charge in [-0.25, -0.2) is 0 Å². The van der Waals surface area contributed by atoms with Gasteiger partial charge < -0.3 is 4.74 Å². The van der Waals surface area contributed by atoms with Crippen molar-refractivity contribution in [2.24, 2.45) is 0 Å². The van der Waals surface area contributed by atoms with Gasteiger partial charge in [0.2, 0.25) is 0 Å². The lowest BCUT2D eigenvalue weighted by Gasteiger charge is -2.27. The van der Waals surface area contributed by atoms with Crippen LogP contribution >= 0.6 is 9.90 Å². The summed E-state index contributed by atoms with van der Waals surface area (Å²) in [5.74, 6) is 1.71. The topological polar surface area (TPSA) is 9.23 Å². The van der Waals surface area contributed by atoms with Crippen molar-refractivity contribution in [3.63, 3.8) is 0 Å². The molecule has 14 aromatic carbocycles. The van der Waals surface area contributed by atoms with Crippen LogP contribution in [0.25, 0.3) is 89.0 Å². The van der Waals surface area contributed by atoms with E-state index >= 15 is 0 Å². The highest BCUT2D eigenvalue weighted by atomic mass is 31.0. The highest BCUT2D eigenvalue weighted by molar-refractivity contribution is 6.92. The summed E-state index contributed by atoms with van der Waals surface area (Å²) < 4.78 is 8.67. The largest absolute Gasteiger partial charge is 0.456 e. The van der Waals surface area contributed by atoms with E-state index in [-0.39, 0.29) is 9.90 Å². The molecular formula is C104H93OP. The normalized spacial score (nSPS) is 12.5. The molecule has 0 amide bonds. The highest BCUT2D eigenvalue weighted by Crippen LogP contribution is 2.57. The predicted octanol–water partition coefficient (Wildman–Crippen LogP) is 26.6. The fraction of sp³-hybridized carbons (Fsp3) is 0.192. The van der Waals surface area contributed by atoms with Crippen LogP contribution in [0.1, 0.15) is 156 Å². The summed E-state index contributed by atoms with van der Waals surface area (Å²) in [5.41, 5.74) is 58.0. The quantitative estimate of drug-likeness (QED) is 0.0986. The summed E-state index contributed by atoms with van der Waals surface area (Å²) in [7, 11) is 0. The zero-order chi connectivity index (χ0) is 71.8. The van der Waals surface area contributed by atoms with Crippen molar-refractivity contribution < 1.29 is 4.74 Å². The summed E-state index contributed by atoms with van der Waals surface area (Å²) in [6.45, 7) is 27.5. The van der Waals surface area contributed by atoms with E-state index in [0.29, 0.717) is 0 Å². The molecule has 106 heavy (non-hydrogen) atoms. The SMILES string of the molecule is Cc1cc(C)c(Cc2ccc3c(c2-c2cccc(Oc4cccc(-c5c(Cc6c(C)cc(C)cc6C)ccc6c5Cc5ccccc5-6)c4-c4c(Cc5c(C)cc(C)cc5C)ccc5c4Cc4ccccc4-5)c2-c2c(Cc4c(C)cc(C)cc4C)ccc4c2Cc2ccccc2-4)Cc2ccccc2-3)c(C)c1.P. The molecule has 1 nitrogen and oxygen atoms in total. The van der Waals surface area contributed by atoms with Gasteiger partial charge in [-0.05, 0) is 358 Å². The van der Waals surface area contributed by atoms with Gasteiger partial charge in [0.1, 0.15) is 11.5 Å². The van der Waals surface area contributed by atoms with Crippen molar-refractivity contribution in [3.05, 3.63) is 386 Å². The molecule has 0 N–H and O–H groups in total. The molecule has 18 rings (SSSR count). The van der Waals surface area contributed by atoms with Crippen molar-refractivity contribution in [2.45, 2.75) is 134 Å². The number of rotatable bonds is 14. The Balaban J connectivity index is 0.00000827. The van der Waals surface area contributed by atoms with Crippen LogP contribution in [-0.2, 0) is 51.4 Å². The summed E-state index contributed by atoms with van der Waals surface area (Å²) in [5, 5.41) is 0. The highest BCUT2D eigenvalue weighted by Gasteiger charge is 2.36. The Hall–Kier alpha value is -10.7. The van der Waals surface area contributed by atoms with E-state index in [1.807, 2.05) is 0 Å². The van der Waals surface area contributed by atoms with E-state index in [1.165, 1.54) is 234 Å². The minimum absolute atomic E-state index is 0. The van der Waals surface area contributed by atoms with Gasteiger partial charge in [-0.2, -0.15) is 9.90 Å². The molecule has 4 aliphatic carbocycles. The van der Waals surface area contributed by atoms with E-state index in [4.69, 9.17) is 4.74 Å². The van der Waals surface area contributed by atoms with Crippen LogP contribution in [0.2, 0.25) is 0 Å². The van der Waals surface area contributed by atoms with E-state index in [0.717, 1.165) is 74.0 Å². The third kappa shape index (κ3) is 11.6. The van der Waals surface area contributed by atoms with Crippen LogP contribution in [0.4, 0.5) is 0 Å². The van der Waals surface area contributed by atoms with Gasteiger partial charge in [-0.3, -0.25) is 0 Å². The molecule has 14 aromatic rings. The molecule has 1 atom stereocenters. The summed E-state index contributed by atoms with van der Waals surface area (Å²) in [4.78, 5) is 0. The Morgan fingerprint density at radius 2 is 0.443 bits per heavy atom. The molecule has 0 fully saturated rings. The second-order valence-electron chi connectivity index (χ2n) is 31.5. The second kappa shape index (κ2) is 27.0. The summed E-state index contributed by atoms with van der Waals surface area (Å²) in [6, 6.07) is 89.8. The summed E-state index contributed by atoms with van der Waals surface area (Å²) in [6.07, 6.45) is 6.41. The maximum atomic E-state index is 8.67. The Morgan fingerprint density at radius 3 is 0.708 bits per heavy atom.